The van der Waals surface area contributed by atoms with Gasteiger partial charge in [0.1, 0.15) is 5.82 Å². The van der Waals surface area contributed by atoms with Gasteiger partial charge >= 0.3 is 5.97 Å². The van der Waals surface area contributed by atoms with E-state index in [0.717, 1.165) is 0 Å². The van der Waals surface area contributed by atoms with E-state index in [1.807, 2.05) is 0 Å². The lowest BCUT2D eigenvalue weighted by Gasteiger charge is -2.06. The van der Waals surface area contributed by atoms with E-state index in [2.05, 4.69) is 15.0 Å². The van der Waals surface area contributed by atoms with Crippen molar-refractivity contribution in [3.63, 3.8) is 0 Å². The van der Waals surface area contributed by atoms with Crippen LogP contribution in [0.2, 0.25) is 0 Å². The number of nitro groups is 1. The van der Waals surface area contributed by atoms with Gasteiger partial charge in [0, 0.05) is 18.0 Å². The highest BCUT2D eigenvalue weighted by Crippen LogP contribution is 2.19. The fraction of sp³-hybridized carbons (Fsp3) is 0.0769. The molecule has 102 valence electrons. The zero-order valence-corrected chi connectivity index (χ0v) is 10.6. The van der Waals surface area contributed by atoms with Crippen LogP contribution in [-0.4, -0.2) is 23.0 Å². The Hall–Kier alpha value is -2.96. The van der Waals surface area contributed by atoms with E-state index in [0.29, 0.717) is 17.1 Å². The van der Waals surface area contributed by atoms with E-state index in [9.17, 15) is 14.9 Å². The summed E-state index contributed by atoms with van der Waals surface area (Å²) in [6, 6.07) is 9.14. The van der Waals surface area contributed by atoms with Crippen molar-refractivity contribution in [1.29, 1.82) is 0 Å². The molecular weight excluding hydrogens is 262 g/mol. The molecule has 7 nitrogen and oxygen atoms in total. The predicted octanol–water partition coefficient (Wildman–Crippen LogP) is 2.52. The molecule has 1 N–H and O–H groups in total. The van der Waals surface area contributed by atoms with Crippen LogP contribution in [0.5, 0.6) is 0 Å². The molecule has 0 spiro atoms. The predicted molar refractivity (Wildman–Crippen MR) is 72.0 cm³/mol. The van der Waals surface area contributed by atoms with Crippen LogP contribution < -0.4 is 5.32 Å². The lowest BCUT2D eigenvalue weighted by Crippen LogP contribution is -2.01. The molecule has 0 saturated heterocycles. The Morgan fingerprint density at radius 1 is 1.30 bits per heavy atom. The van der Waals surface area contributed by atoms with Crippen molar-refractivity contribution in [1.82, 2.24) is 4.98 Å². The monoisotopic (exact) mass is 273 g/mol. The second-order valence-corrected chi connectivity index (χ2v) is 3.85. The van der Waals surface area contributed by atoms with Gasteiger partial charge in [-0.1, -0.05) is 0 Å². The highest BCUT2D eigenvalue weighted by Gasteiger charge is 2.08. The van der Waals surface area contributed by atoms with Gasteiger partial charge in [-0.2, -0.15) is 0 Å². The van der Waals surface area contributed by atoms with Crippen molar-refractivity contribution < 1.29 is 14.5 Å². The Kier molecular flexibility index (Phi) is 3.90. The molecule has 2 rings (SSSR count). The number of anilines is 2. The molecule has 0 radical (unpaired) electrons. The fourth-order valence-electron chi connectivity index (χ4n) is 1.56. The van der Waals surface area contributed by atoms with Gasteiger partial charge in [-0.15, -0.1) is 0 Å². The molecule has 7 heteroatoms. The van der Waals surface area contributed by atoms with Gasteiger partial charge in [-0.3, -0.25) is 10.1 Å². The topological polar surface area (TPSA) is 94.4 Å². The van der Waals surface area contributed by atoms with Crippen LogP contribution in [0.3, 0.4) is 0 Å². The quantitative estimate of drug-likeness (QED) is 0.522. The highest BCUT2D eigenvalue weighted by molar-refractivity contribution is 5.89. The van der Waals surface area contributed by atoms with Gasteiger partial charge in [0.15, 0.2) is 0 Å². The third kappa shape index (κ3) is 3.08. The summed E-state index contributed by atoms with van der Waals surface area (Å²) in [7, 11) is 1.31. The van der Waals surface area contributed by atoms with E-state index >= 15 is 0 Å². The third-order valence-electron chi connectivity index (χ3n) is 2.53. The number of carbonyl (C=O) groups excluding carboxylic acids is 1. The van der Waals surface area contributed by atoms with Gasteiger partial charge < -0.3 is 10.1 Å². The third-order valence-corrected chi connectivity index (χ3v) is 2.53. The Labute approximate surface area is 114 Å². The summed E-state index contributed by atoms with van der Waals surface area (Å²) in [6.07, 6.45) is 1.35. The average molecular weight is 273 g/mol. The second kappa shape index (κ2) is 5.79. The first kappa shape index (κ1) is 13.5. The molecule has 0 bridgehead atoms. The number of ether oxygens (including phenoxy) is 1. The van der Waals surface area contributed by atoms with Crippen LogP contribution in [0.25, 0.3) is 0 Å². The van der Waals surface area contributed by atoms with Crippen molar-refractivity contribution in [2.75, 3.05) is 12.4 Å². The Balaban J connectivity index is 2.16. The number of methoxy groups -OCH3 is 1. The molecule has 1 heterocycles. The first-order chi connectivity index (χ1) is 9.60. The molecule has 0 saturated carbocycles. The largest absolute Gasteiger partial charge is 0.465 e. The number of carbonyl (C=O) groups is 1. The molecule has 20 heavy (non-hydrogen) atoms. The van der Waals surface area contributed by atoms with E-state index in [4.69, 9.17) is 0 Å². The summed E-state index contributed by atoms with van der Waals surface area (Å²) in [5.74, 6) is -0.0740. The Morgan fingerprint density at radius 2 is 2.00 bits per heavy atom. The molecule has 0 atom stereocenters. The first-order valence-electron chi connectivity index (χ1n) is 5.66. The molecule has 0 aliphatic heterocycles. The average Bonchev–Trinajstić information content (AvgIpc) is 2.47. The van der Waals surface area contributed by atoms with Crippen LogP contribution in [0.15, 0.2) is 42.6 Å². The molecule has 2 aromatic rings. The maximum atomic E-state index is 11.3. The number of hydrogen-bond donors (Lipinski definition) is 1. The van der Waals surface area contributed by atoms with Gasteiger partial charge in [0.25, 0.3) is 5.69 Å². The van der Waals surface area contributed by atoms with E-state index in [-0.39, 0.29) is 5.69 Å². The molecule has 0 amide bonds. The number of aromatic nitrogens is 1. The zero-order valence-electron chi connectivity index (χ0n) is 10.6. The summed E-state index contributed by atoms with van der Waals surface area (Å²) in [6.45, 7) is 0. The van der Waals surface area contributed by atoms with Gasteiger partial charge in [-0.05, 0) is 24.3 Å². The Morgan fingerprint density at radius 3 is 2.60 bits per heavy atom. The summed E-state index contributed by atoms with van der Waals surface area (Å²) < 4.78 is 4.59. The fourth-order valence-corrected chi connectivity index (χ4v) is 1.56. The number of benzene rings is 1. The molecule has 1 aromatic heterocycles. The lowest BCUT2D eigenvalue weighted by molar-refractivity contribution is -0.384. The SMILES string of the molecule is COC(=O)c1ccc(Nc2cc([N+](=O)[O-])ccn2)cc1. The van der Waals surface area contributed by atoms with Gasteiger partial charge in [0.05, 0.1) is 23.7 Å². The van der Waals surface area contributed by atoms with Crippen molar-refractivity contribution in [2.45, 2.75) is 0 Å². The van der Waals surface area contributed by atoms with E-state index < -0.39 is 10.9 Å². The standard InChI is InChI=1S/C13H11N3O4/c1-20-13(17)9-2-4-10(5-3-9)15-12-8-11(16(18)19)6-7-14-12/h2-8H,1H3,(H,14,15). The van der Waals surface area contributed by atoms with Crippen molar-refractivity contribution in [2.24, 2.45) is 0 Å². The van der Waals surface area contributed by atoms with Crippen LogP contribution in [0, 0.1) is 10.1 Å². The summed E-state index contributed by atoms with van der Waals surface area (Å²) in [5.41, 5.74) is 1.03. The van der Waals surface area contributed by atoms with Crippen molar-refractivity contribution in [3.05, 3.63) is 58.3 Å². The molecule has 0 aliphatic rings. The minimum Gasteiger partial charge on any atom is -0.465 e. The number of esters is 1. The van der Waals surface area contributed by atoms with Crippen LogP contribution >= 0.6 is 0 Å². The molecule has 1 aromatic carbocycles. The minimum absolute atomic E-state index is 0.0475. The van der Waals surface area contributed by atoms with Crippen molar-refractivity contribution >= 4 is 23.2 Å². The molecule has 0 unspecified atom stereocenters. The van der Waals surface area contributed by atoms with Gasteiger partial charge in [-0.25, -0.2) is 9.78 Å². The molecule has 0 fully saturated rings. The number of nitrogens with one attached hydrogen (secondary N) is 1. The normalized spacial score (nSPS) is 9.85. The lowest BCUT2D eigenvalue weighted by atomic mass is 10.2. The maximum Gasteiger partial charge on any atom is 0.337 e. The number of nitrogens with zero attached hydrogens (tertiary/aromatic N) is 2. The number of hydrogen-bond acceptors (Lipinski definition) is 6. The van der Waals surface area contributed by atoms with Gasteiger partial charge in [0.2, 0.25) is 0 Å². The summed E-state index contributed by atoms with van der Waals surface area (Å²) >= 11 is 0. The number of pyridine rings is 1. The number of rotatable bonds is 4. The van der Waals surface area contributed by atoms with Crippen LogP contribution in [-0.2, 0) is 4.74 Å². The highest BCUT2D eigenvalue weighted by atomic mass is 16.6. The maximum absolute atomic E-state index is 11.3. The van der Waals surface area contributed by atoms with E-state index in [1.165, 1.54) is 25.4 Å². The summed E-state index contributed by atoms with van der Waals surface area (Å²) in [4.78, 5) is 25.4. The minimum atomic E-state index is -0.493. The second-order valence-electron chi connectivity index (χ2n) is 3.85. The van der Waals surface area contributed by atoms with Crippen molar-refractivity contribution in [3.8, 4) is 0 Å². The Bertz CT molecular complexity index is 640. The molecule has 0 aliphatic carbocycles. The van der Waals surface area contributed by atoms with Crippen LogP contribution in [0.4, 0.5) is 17.2 Å². The van der Waals surface area contributed by atoms with Crippen LogP contribution in [0.1, 0.15) is 10.4 Å². The molecular formula is C13H11N3O4. The zero-order chi connectivity index (χ0) is 14.5. The summed E-state index contributed by atoms with van der Waals surface area (Å²) in [5, 5.41) is 13.6. The van der Waals surface area contributed by atoms with E-state index in [1.54, 1.807) is 24.3 Å². The smallest absolute Gasteiger partial charge is 0.337 e. The first-order valence-corrected chi connectivity index (χ1v) is 5.66.